The van der Waals surface area contributed by atoms with Gasteiger partial charge < -0.3 is 10.2 Å². The predicted octanol–water partition coefficient (Wildman–Crippen LogP) is 4.32. The van der Waals surface area contributed by atoms with Crippen molar-refractivity contribution in [2.45, 2.75) is 37.8 Å². The van der Waals surface area contributed by atoms with Crippen molar-refractivity contribution in [1.82, 2.24) is 4.98 Å². The maximum Gasteiger partial charge on any atom is 0.418 e. The van der Waals surface area contributed by atoms with Crippen LogP contribution in [0.15, 0.2) is 24.3 Å². The molecule has 1 saturated carbocycles. The summed E-state index contributed by atoms with van der Waals surface area (Å²) >= 11 is 0. The number of halogens is 3. The number of phenols is 1. The summed E-state index contributed by atoms with van der Waals surface area (Å²) in [7, 11) is 0. The molecular formula is C17H16F3NO3. The molecule has 2 aromatic rings. The molecule has 0 atom stereocenters. The molecule has 3 rings (SSSR count). The molecule has 4 nitrogen and oxygen atoms in total. The van der Waals surface area contributed by atoms with Gasteiger partial charge in [-0.3, -0.25) is 9.78 Å². The minimum atomic E-state index is -4.55. The van der Waals surface area contributed by atoms with E-state index in [1.807, 2.05) is 0 Å². The molecule has 1 aliphatic carbocycles. The lowest BCUT2D eigenvalue weighted by Crippen LogP contribution is -2.23. The van der Waals surface area contributed by atoms with Crippen molar-refractivity contribution in [3.05, 3.63) is 35.5 Å². The lowest BCUT2D eigenvalue weighted by atomic mass is 9.79. The smallest absolute Gasteiger partial charge is 0.418 e. The monoisotopic (exact) mass is 339 g/mol. The number of phenolic OH excluding ortho intramolecular Hbond substituents is 1. The van der Waals surface area contributed by atoms with Crippen molar-refractivity contribution >= 4 is 16.9 Å². The molecule has 2 N–H and O–H groups in total. The third kappa shape index (κ3) is 3.16. The largest absolute Gasteiger partial charge is 0.508 e. The van der Waals surface area contributed by atoms with Gasteiger partial charge in [0.05, 0.1) is 22.7 Å². The van der Waals surface area contributed by atoms with Gasteiger partial charge >= 0.3 is 12.1 Å². The fraction of sp³-hybridized carbons (Fsp3) is 0.412. The molecule has 128 valence electrons. The lowest BCUT2D eigenvalue weighted by Gasteiger charge is -2.27. The zero-order valence-corrected chi connectivity index (χ0v) is 12.7. The highest BCUT2D eigenvalue weighted by Gasteiger charge is 2.38. The number of carboxylic acids is 1. The molecule has 1 fully saturated rings. The van der Waals surface area contributed by atoms with E-state index >= 15 is 0 Å². The topological polar surface area (TPSA) is 70.4 Å². The van der Waals surface area contributed by atoms with Gasteiger partial charge in [-0.2, -0.15) is 13.2 Å². The number of hydrogen-bond donors (Lipinski definition) is 2. The molecular weight excluding hydrogens is 323 g/mol. The van der Waals surface area contributed by atoms with Crippen LogP contribution in [0.5, 0.6) is 5.75 Å². The average molecular weight is 339 g/mol. The molecule has 1 aromatic carbocycles. The first-order chi connectivity index (χ1) is 11.3. The van der Waals surface area contributed by atoms with Gasteiger partial charge in [0, 0.05) is 11.3 Å². The quantitative estimate of drug-likeness (QED) is 0.855. The van der Waals surface area contributed by atoms with Crippen LogP contribution < -0.4 is 0 Å². The highest BCUT2D eigenvalue weighted by molar-refractivity contribution is 5.81. The molecule has 0 aliphatic heterocycles. The van der Waals surface area contributed by atoms with Crippen molar-refractivity contribution in [2.75, 3.05) is 0 Å². The van der Waals surface area contributed by atoms with Crippen LogP contribution in [0.4, 0.5) is 13.2 Å². The number of pyridine rings is 1. The molecule has 1 aromatic heterocycles. The van der Waals surface area contributed by atoms with E-state index in [0.717, 1.165) is 6.07 Å². The number of aliphatic carboxylic acids is 1. The first-order valence-electron chi connectivity index (χ1n) is 7.69. The minimum absolute atomic E-state index is 0.0236. The van der Waals surface area contributed by atoms with Gasteiger partial charge in [0.25, 0.3) is 0 Å². The van der Waals surface area contributed by atoms with Gasteiger partial charge in [-0.05, 0) is 49.9 Å². The Morgan fingerprint density at radius 3 is 2.38 bits per heavy atom. The number of benzene rings is 1. The summed E-state index contributed by atoms with van der Waals surface area (Å²) in [5, 5.41) is 18.7. The van der Waals surface area contributed by atoms with Crippen molar-refractivity contribution in [3.63, 3.8) is 0 Å². The molecule has 7 heteroatoms. The van der Waals surface area contributed by atoms with Crippen LogP contribution in [0, 0.1) is 5.92 Å². The maximum absolute atomic E-state index is 13.4. The second kappa shape index (κ2) is 5.96. The fourth-order valence-corrected chi connectivity index (χ4v) is 3.33. The Balaban J connectivity index is 2.03. The van der Waals surface area contributed by atoms with Crippen LogP contribution in [0.2, 0.25) is 0 Å². The molecule has 0 saturated heterocycles. The van der Waals surface area contributed by atoms with Crippen LogP contribution >= 0.6 is 0 Å². The van der Waals surface area contributed by atoms with E-state index in [1.54, 1.807) is 0 Å². The third-order valence-electron chi connectivity index (χ3n) is 4.60. The number of rotatable bonds is 2. The normalized spacial score (nSPS) is 21.8. The number of fused-ring (bicyclic) bond motifs is 1. The first-order valence-corrected chi connectivity index (χ1v) is 7.69. The molecule has 24 heavy (non-hydrogen) atoms. The Morgan fingerprint density at radius 1 is 1.12 bits per heavy atom. The molecule has 1 aliphatic rings. The van der Waals surface area contributed by atoms with E-state index in [9.17, 15) is 23.1 Å². The predicted molar refractivity (Wildman–Crippen MR) is 80.7 cm³/mol. The lowest BCUT2D eigenvalue weighted by molar-refractivity contribution is -0.143. The van der Waals surface area contributed by atoms with Crippen LogP contribution in [0.25, 0.3) is 10.9 Å². The van der Waals surface area contributed by atoms with Gasteiger partial charge in [0.1, 0.15) is 5.75 Å². The molecule has 0 amide bonds. The standard InChI is InChI=1S/C17H16F3NO3/c18-17(19,20)13-8-11-7-12(22)5-6-14(11)21-15(13)9-1-3-10(4-2-9)16(23)24/h5-10,22H,1-4H2,(H,23,24)/t9-,10-. The second-order valence-corrected chi connectivity index (χ2v) is 6.18. The number of carboxylic acid groups (broad SMARTS) is 1. The Hall–Kier alpha value is -2.31. The number of aromatic nitrogens is 1. The van der Waals surface area contributed by atoms with Gasteiger partial charge in [0.15, 0.2) is 0 Å². The van der Waals surface area contributed by atoms with Gasteiger partial charge in [0.2, 0.25) is 0 Å². The zero-order chi connectivity index (χ0) is 17.5. The first kappa shape index (κ1) is 16.5. The van der Waals surface area contributed by atoms with Crippen molar-refractivity contribution < 1.29 is 28.2 Å². The summed E-state index contributed by atoms with van der Waals surface area (Å²) in [4.78, 5) is 15.2. The van der Waals surface area contributed by atoms with E-state index in [4.69, 9.17) is 5.11 Å². The maximum atomic E-state index is 13.4. The molecule has 0 bridgehead atoms. The summed E-state index contributed by atoms with van der Waals surface area (Å²) in [5.74, 6) is -1.91. The van der Waals surface area contributed by atoms with E-state index in [-0.39, 0.29) is 16.8 Å². The SMILES string of the molecule is O=C(O)[C@H]1CC[C@H](c2nc3ccc(O)cc3cc2C(F)(F)F)CC1. The number of carbonyl (C=O) groups is 1. The zero-order valence-electron chi connectivity index (χ0n) is 12.7. The van der Waals surface area contributed by atoms with Crippen LogP contribution in [0.1, 0.15) is 42.9 Å². The molecule has 0 spiro atoms. The van der Waals surface area contributed by atoms with Gasteiger partial charge in [-0.15, -0.1) is 0 Å². The summed E-state index contributed by atoms with van der Waals surface area (Å²) < 4.78 is 40.3. The van der Waals surface area contributed by atoms with Crippen molar-refractivity contribution in [2.24, 2.45) is 5.92 Å². The Bertz CT molecular complexity index is 780. The molecule has 1 heterocycles. The average Bonchev–Trinajstić information content (AvgIpc) is 2.53. The summed E-state index contributed by atoms with van der Waals surface area (Å²) in [6.07, 6.45) is -3.10. The Labute approximate surface area is 135 Å². The number of aromatic hydroxyl groups is 1. The molecule has 0 radical (unpaired) electrons. The van der Waals surface area contributed by atoms with E-state index in [1.165, 1.54) is 18.2 Å². The van der Waals surface area contributed by atoms with E-state index in [0.29, 0.717) is 31.2 Å². The van der Waals surface area contributed by atoms with Crippen molar-refractivity contribution in [3.8, 4) is 5.75 Å². The van der Waals surface area contributed by atoms with Crippen LogP contribution in [-0.4, -0.2) is 21.2 Å². The van der Waals surface area contributed by atoms with Crippen molar-refractivity contribution in [1.29, 1.82) is 0 Å². The Kier molecular flexibility index (Phi) is 4.11. The summed E-state index contributed by atoms with van der Waals surface area (Å²) in [5.41, 5.74) is -0.444. The minimum Gasteiger partial charge on any atom is -0.508 e. The second-order valence-electron chi connectivity index (χ2n) is 6.18. The number of alkyl halides is 3. The van der Waals surface area contributed by atoms with E-state index < -0.39 is 29.5 Å². The van der Waals surface area contributed by atoms with Gasteiger partial charge in [-0.25, -0.2) is 0 Å². The number of hydrogen-bond acceptors (Lipinski definition) is 3. The third-order valence-corrected chi connectivity index (χ3v) is 4.60. The summed E-state index contributed by atoms with van der Waals surface area (Å²) in [6.45, 7) is 0. The molecule has 0 unspecified atom stereocenters. The van der Waals surface area contributed by atoms with Crippen LogP contribution in [0.3, 0.4) is 0 Å². The summed E-state index contributed by atoms with van der Waals surface area (Å²) in [6, 6.07) is 5.13. The highest BCUT2D eigenvalue weighted by atomic mass is 19.4. The van der Waals surface area contributed by atoms with Crippen LogP contribution in [-0.2, 0) is 11.0 Å². The van der Waals surface area contributed by atoms with E-state index in [2.05, 4.69) is 4.98 Å². The van der Waals surface area contributed by atoms with Gasteiger partial charge in [-0.1, -0.05) is 0 Å². The number of nitrogens with zero attached hydrogens (tertiary/aromatic N) is 1. The fourth-order valence-electron chi connectivity index (χ4n) is 3.33. The Morgan fingerprint density at radius 2 is 1.79 bits per heavy atom. The highest BCUT2D eigenvalue weighted by Crippen LogP contribution is 2.42.